The minimum absolute atomic E-state index is 0.878. The summed E-state index contributed by atoms with van der Waals surface area (Å²) in [7, 11) is 2.00. The lowest BCUT2D eigenvalue weighted by Gasteiger charge is -2.14. The van der Waals surface area contributed by atoms with Gasteiger partial charge in [0.05, 0.1) is 0 Å². The van der Waals surface area contributed by atoms with Crippen LogP contribution in [0.25, 0.3) is 0 Å². The molecule has 1 nitrogen and oxygen atoms in total. The van der Waals surface area contributed by atoms with Gasteiger partial charge in [-0.15, -0.1) is 11.8 Å². The summed E-state index contributed by atoms with van der Waals surface area (Å²) in [5, 5.41) is 3.21. The summed E-state index contributed by atoms with van der Waals surface area (Å²) in [6, 6.07) is 8.90. The summed E-state index contributed by atoms with van der Waals surface area (Å²) in [5.74, 6) is 2.14. The van der Waals surface area contributed by atoms with E-state index in [0.29, 0.717) is 0 Å². The van der Waals surface area contributed by atoms with E-state index in [1.165, 1.54) is 41.9 Å². The number of rotatable bonds is 9. The Labute approximate surface area is 117 Å². The Morgan fingerprint density at radius 1 is 1.28 bits per heavy atom. The minimum Gasteiger partial charge on any atom is -0.316 e. The Bertz CT molecular complexity index is 325. The molecule has 0 bridgehead atoms. The minimum atomic E-state index is 0.878. The Balaban J connectivity index is 2.43. The zero-order valence-electron chi connectivity index (χ0n) is 12.0. The molecule has 1 N–H and O–H groups in total. The maximum absolute atomic E-state index is 3.21. The molecule has 1 rings (SSSR count). The van der Waals surface area contributed by atoms with Crippen molar-refractivity contribution in [1.29, 1.82) is 0 Å². The fourth-order valence-electron chi connectivity index (χ4n) is 2.06. The van der Waals surface area contributed by atoms with Crippen LogP contribution in [0, 0.1) is 5.92 Å². The quantitative estimate of drug-likeness (QED) is 0.649. The van der Waals surface area contributed by atoms with Crippen LogP contribution in [0.3, 0.4) is 0 Å². The highest BCUT2D eigenvalue weighted by atomic mass is 32.2. The van der Waals surface area contributed by atoms with Crippen LogP contribution in [-0.4, -0.2) is 12.8 Å². The average molecular weight is 265 g/mol. The predicted octanol–water partition coefficient (Wildman–Crippen LogP) is 4.71. The van der Waals surface area contributed by atoms with Crippen molar-refractivity contribution in [2.75, 3.05) is 12.8 Å². The fraction of sp³-hybridized carbons (Fsp3) is 0.625. The molecule has 102 valence electrons. The third kappa shape index (κ3) is 5.92. The molecule has 0 heterocycles. The second-order valence-electron chi connectivity index (χ2n) is 4.91. The van der Waals surface area contributed by atoms with Gasteiger partial charge in [0.15, 0.2) is 0 Å². The predicted molar refractivity (Wildman–Crippen MR) is 83.2 cm³/mol. The molecule has 1 atom stereocenters. The van der Waals surface area contributed by atoms with Gasteiger partial charge in [-0.25, -0.2) is 0 Å². The van der Waals surface area contributed by atoms with Gasteiger partial charge in [-0.05, 0) is 37.1 Å². The molecular weight excluding hydrogens is 238 g/mol. The van der Waals surface area contributed by atoms with E-state index >= 15 is 0 Å². The molecule has 0 amide bonds. The monoisotopic (exact) mass is 265 g/mol. The molecular formula is C16H27NS. The van der Waals surface area contributed by atoms with Crippen molar-refractivity contribution in [1.82, 2.24) is 5.32 Å². The number of nitrogens with one attached hydrogen (secondary N) is 1. The molecule has 0 spiro atoms. The summed E-state index contributed by atoms with van der Waals surface area (Å²) in [5.41, 5.74) is 1.38. The summed E-state index contributed by atoms with van der Waals surface area (Å²) < 4.78 is 0. The van der Waals surface area contributed by atoms with Gasteiger partial charge in [0, 0.05) is 17.2 Å². The lowest BCUT2D eigenvalue weighted by atomic mass is 10.0. The summed E-state index contributed by atoms with van der Waals surface area (Å²) >= 11 is 2.02. The molecule has 18 heavy (non-hydrogen) atoms. The van der Waals surface area contributed by atoms with Gasteiger partial charge in [0.25, 0.3) is 0 Å². The van der Waals surface area contributed by atoms with Gasteiger partial charge >= 0.3 is 0 Å². The first kappa shape index (κ1) is 15.6. The number of benzene rings is 1. The highest BCUT2D eigenvalue weighted by Crippen LogP contribution is 2.25. The van der Waals surface area contributed by atoms with E-state index in [1.807, 2.05) is 18.8 Å². The Hall–Kier alpha value is -0.470. The van der Waals surface area contributed by atoms with Crippen LogP contribution in [0.1, 0.15) is 45.1 Å². The van der Waals surface area contributed by atoms with E-state index < -0.39 is 0 Å². The highest BCUT2D eigenvalue weighted by molar-refractivity contribution is 7.99. The van der Waals surface area contributed by atoms with Crippen molar-refractivity contribution < 1.29 is 0 Å². The summed E-state index contributed by atoms with van der Waals surface area (Å²) in [6.07, 6.45) is 5.39. The normalized spacial score (nSPS) is 12.6. The van der Waals surface area contributed by atoms with E-state index in [4.69, 9.17) is 0 Å². The zero-order valence-corrected chi connectivity index (χ0v) is 12.9. The smallest absolute Gasteiger partial charge is 0.0202 e. The first-order valence-electron chi connectivity index (χ1n) is 7.16. The van der Waals surface area contributed by atoms with Crippen LogP contribution in [0.4, 0.5) is 0 Å². The molecule has 0 aromatic heterocycles. The molecule has 0 fully saturated rings. The van der Waals surface area contributed by atoms with Gasteiger partial charge in [-0.1, -0.05) is 45.2 Å². The van der Waals surface area contributed by atoms with Gasteiger partial charge < -0.3 is 5.32 Å². The van der Waals surface area contributed by atoms with Crippen molar-refractivity contribution in [3.05, 3.63) is 29.8 Å². The second kappa shape index (κ2) is 9.46. The Morgan fingerprint density at radius 3 is 2.78 bits per heavy atom. The number of hydrogen-bond donors (Lipinski definition) is 1. The van der Waals surface area contributed by atoms with Gasteiger partial charge in [0.1, 0.15) is 0 Å². The van der Waals surface area contributed by atoms with Crippen LogP contribution < -0.4 is 5.32 Å². The average Bonchev–Trinajstić information content (AvgIpc) is 2.40. The van der Waals surface area contributed by atoms with E-state index in [1.54, 1.807) is 0 Å². The number of unbranched alkanes of at least 4 members (excludes halogenated alkanes) is 1. The molecule has 1 aromatic rings. The van der Waals surface area contributed by atoms with Crippen LogP contribution in [-0.2, 0) is 6.54 Å². The van der Waals surface area contributed by atoms with Crippen LogP contribution in [0.2, 0.25) is 0 Å². The molecule has 0 saturated heterocycles. The van der Waals surface area contributed by atoms with Crippen molar-refractivity contribution in [2.24, 2.45) is 5.92 Å². The first-order chi connectivity index (χ1) is 8.80. The maximum Gasteiger partial charge on any atom is 0.0202 e. The number of thioether (sulfide) groups is 1. The number of hydrogen-bond acceptors (Lipinski definition) is 2. The van der Waals surface area contributed by atoms with E-state index in [-0.39, 0.29) is 0 Å². The SMILES string of the molecule is CCCCC(CC)CSc1cccc(CNC)c1. The van der Waals surface area contributed by atoms with Crippen molar-refractivity contribution >= 4 is 11.8 Å². The molecule has 2 heteroatoms. The lowest BCUT2D eigenvalue weighted by Crippen LogP contribution is -2.05. The highest BCUT2D eigenvalue weighted by Gasteiger charge is 2.06. The van der Waals surface area contributed by atoms with Crippen LogP contribution in [0.5, 0.6) is 0 Å². The third-order valence-corrected chi connectivity index (χ3v) is 4.53. The van der Waals surface area contributed by atoms with Crippen LogP contribution in [0.15, 0.2) is 29.2 Å². The maximum atomic E-state index is 3.21. The second-order valence-corrected chi connectivity index (χ2v) is 6.00. The lowest BCUT2D eigenvalue weighted by molar-refractivity contribution is 0.499. The van der Waals surface area contributed by atoms with Crippen molar-refractivity contribution in [2.45, 2.75) is 51.0 Å². The largest absolute Gasteiger partial charge is 0.316 e. The molecule has 0 aliphatic carbocycles. The van der Waals surface area contributed by atoms with Crippen molar-refractivity contribution in [3.63, 3.8) is 0 Å². The molecule has 0 aliphatic rings. The molecule has 1 aromatic carbocycles. The Kier molecular flexibility index (Phi) is 8.19. The van der Waals surface area contributed by atoms with E-state index in [2.05, 4.69) is 43.4 Å². The molecule has 0 radical (unpaired) electrons. The first-order valence-corrected chi connectivity index (χ1v) is 8.15. The summed E-state index contributed by atoms with van der Waals surface area (Å²) in [6.45, 7) is 5.56. The van der Waals surface area contributed by atoms with E-state index in [9.17, 15) is 0 Å². The Morgan fingerprint density at radius 2 is 2.11 bits per heavy atom. The third-order valence-electron chi connectivity index (χ3n) is 3.31. The summed E-state index contributed by atoms with van der Waals surface area (Å²) in [4.78, 5) is 1.41. The van der Waals surface area contributed by atoms with Gasteiger partial charge in [0.2, 0.25) is 0 Å². The zero-order chi connectivity index (χ0) is 13.2. The molecule has 1 unspecified atom stereocenters. The van der Waals surface area contributed by atoms with Crippen molar-refractivity contribution in [3.8, 4) is 0 Å². The fourth-order valence-corrected chi connectivity index (χ4v) is 3.30. The molecule has 0 saturated carbocycles. The standard InChI is InChI=1S/C16H27NS/c1-4-6-8-14(5-2)13-18-16-10-7-9-15(11-16)12-17-3/h7,9-11,14,17H,4-6,8,12-13H2,1-3H3. The van der Waals surface area contributed by atoms with Crippen LogP contribution >= 0.6 is 11.8 Å². The van der Waals surface area contributed by atoms with E-state index in [0.717, 1.165) is 12.5 Å². The van der Waals surface area contributed by atoms with Gasteiger partial charge in [-0.2, -0.15) is 0 Å². The van der Waals surface area contributed by atoms with Gasteiger partial charge in [-0.3, -0.25) is 0 Å². The topological polar surface area (TPSA) is 12.0 Å². The molecule has 0 aliphatic heterocycles.